The van der Waals surface area contributed by atoms with Crippen molar-refractivity contribution in [2.24, 2.45) is 11.5 Å². The third kappa shape index (κ3) is 2.46. The van der Waals surface area contributed by atoms with Gasteiger partial charge < -0.3 is 16.8 Å². The SMILES string of the molecule is NCCNC(=O)CC1(N)CCC1. The van der Waals surface area contributed by atoms with Crippen molar-refractivity contribution in [3.63, 3.8) is 0 Å². The molecule has 0 bridgehead atoms. The first-order chi connectivity index (χ1) is 5.66. The highest BCUT2D eigenvalue weighted by molar-refractivity contribution is 5.77. The molecule has 0 saturated heterocycles. The zero-order valence-electron chi connectivity index (χ0n) is 7.31. The molecule has 5 N–H and O–H groups in total. The Kier molecular flexibility index (Phi) is 3.05. The highest BCUT2D eigenvalue weighted by Crippen LogP contribution is 2.31. The summed E-state index contributed by atoms with van der Waals surface area (Å²) in [5.41, 5.74) is 10.9. The van der Waals surface area contributed by atoms with E-state index >= 15 is 0 Å². The molecule has 0 aromatic heterocycles. The number of amides is 1. The van der Waals surface area contributed by atoms with Crippen LogP contribution in [0, 0.1) is 0 Å². The largest absolute Gasteiger partial charge is 0.355 e. The van der Waals surface area contributed by atoms with Crippen LogP contribution in [0.15, 0.2) is 0 Å². The molecule has 0 aliphatic heterocycles. The molecule has 1 fully saturated rings. The molecule has 0 radical (unpaired) electrons. The van der Waals surface area contributed by atoms with Crippen molar-refractivity contribution in [3.8, 4) is 0 Å². The van der Waals surface area contributed by atoms with E-state index in [1.165, 1.54) is 0 Å². The molecule has 1 aliphatic carbocycles. The molecule has 0 aromatic carbocycles. The van der Waals surface area contributed by atoms with Crippen molar-refractivity contribution in [2.45, 2.75) is 31.2 Å². The number of hydrogen-bond donors (Lipinski definition) is 3. The van der Waals surface area contributed by atoms with Crippen molar-refractivity contribution in [1.29, 1.82) is 0 Å². The first-order valence-electron chi connectivity index (χ1n) is 4.42. The zero-order valence-corrected chi connectivity index (χ0v) is 7.31. The molecule has 0 heterocycles. The second kappa shape index (κ2) is 3.87. The van der Waals surface area contributed by atoms with E-state index in [0.29, 0.717) is 19.5 Å². The number of nitrogens with two attached hydrogens (primary N) is 2. The van der Waals surface area contributed by atoms with Gasteiger partial charge in [0.05, 0.1) is 0 Å². The van der Waals surface area contributed by atoms with Crippen LogP contribution in [-0.2, 0) is 4.79 Å². The summed E-state index contributed by atoms with van der Waals surface area (Å²) < 4.78 is 0. The Morgan fingerprint density at radius 2 is 2.17 bits per heavy atom. The quantitative estimate of drug-likeness (QED) is 0.525. The summed E-state index contributed by atoms with van der Waals surface area (Å²) in [7, 11) is 0. The highest BCUT2D eigenvalue weighted by atomic mass is 16.1. The number of hydrogen-bond acceptors (Lipinski definition) is 3. The average Bonchev–Trinajstić information content (AvgIpc) is 1.98. The van der Waals surface area contributed by atoms with E-state index in [2.05, 4.69) is 5.32 Å². The van der Waals surface area contributed by atoms with Gasteiger partial charge in [0.25, 0.3) is 0 Å². The predicted molar refractivity (Wildman–Crippen MR) is 47.5 cm³/mol. The van der Waals surface area contributed by atoms with Crippen LogP contribution >= 0.6 is 0 Å². The lowest BCUT2D eigenvalue weighted by molar-refractivity contribution is -0.122. The Labute approximate surface area is 72.7 Å². The van der Waals surface area contributed by atoms with Gasteiger partial charge in [-0.2, -0.15) is 0 Å². The maximum atomic E-state index is 11.2. The van der Waals surface area contributed by atoms with Crippen molar-refractivity contribution in [1.82, 2.24) is 5.32 Å². The molecule has 0 aromatic rings. The van der Waals surface area contributed by atoms with Gasteiger partial charge in [0.1, 0.15) is 0 Å². The van der Waals surface area contributed by atoms with Crippen molar-refractivity contribution >= 4 is 5.91 Å². The summed E-state index contributed by atoms with van der Waals surface area (Å²) in [4.78, 5) is 11.2. The monoisotopic (exact) mass is 171 g/mol. The second-order valence-electron chi connectivity index (χ2n) is 3.53. The summed E-state index contributed by atoms with van der Waals surface area (Å²) in [5, 5.41) is 2.71. The number of carbonyl (C=O) groups is 1. The Morgan fingerprint density at radius 3 is 2.58 bits per heavy atom. The summed E-state index contributed by atoms with van der Waals surface area (Å²) in [5.74, 6) is 0.0302. The molecule has 1 aliphatic rings. The molecule has 70 valence electrons. The maximum Gasteiger partial charge on any atom is 0.221 e. The van der Waals surface area contributed by atoms with Crippen LogP contribution in [0.3, 0.4) is 0 Å². The minimum Gasteiger partial charge on any atom is -0.355 e. The number of carbonyl (C=O) groups excluding carboxylic acids is 1. The lowest BCUT2D eigenvalue weighted by atomic mass is 9.75. The van der Waals surface area contributed by atoms with Crippen LogP contribution in [-0.4, -0.2) is 24.5 Å². The van der Waals surface area contributed by atoms with E-state index in [0.717, 1.165) is 19.3 Å². The van der Waals surface area contributed by atoms with Gasteiger partial charge in [0.15, 0.2) is 0 Å². The van der Waals surface area contributed by atoms with Crippen LogP contribution in [0.2, 0.25) is 0 Å². The molecule has 12 heavy (non-hydrogen) atoms. The van der Waals surface area contributed by atoms with E-state index in [1.54, 1.807) is 0 Å². The summed E-state index contributed by atoms with van der Waals surface area (Å²) >= 11 is 0. The van der Waals surface area contributed by atoms with Crippen LogP contribution < -0.4 is 16.8 Å². The molecule has 1 amide bonds. The standard InChI is InChI=1S/C8H17N3O/c9-4-5-11-7(12)6-8(10)2-1-3-8/h1-6,9-10H2,(H,11,12). The smallest absolute Gasteiger partial charge is 0.221 e. The van der Waals surface area contributed by atoms with Gasteiger partial charge >= 0.3 is 0 Å². The van der Waals surface area contributed by atoms with Gasteiger partial charge in [-0.3, -0.25) is 4.79 Å². The third-order valence-corrected chi connectivity index (χ3v) is 2.33. The third-order valence-electron chi connectivity index (χ3n) is 2.33. The fourth-order valence-corrected chi connectivity index (χ4v) is 1.40. The first kappa shape index (κ1) is 9.48. The molecule has 4 heteroatoms. The minimum atomic E-state index is -0.210. The molecule has 1 saturated carbocycles. The lowest BCUT2D eigenvalue weighted by Crippen LogP contribution is -2.50. The van der Waals surface area contributed by atoms with Crippen LogP contribution in [0.1, 0.15) is 25.7 Å². The molecule has 1 rings (SSSR count). The Balaban J connectivity index is 2.16. The summed E-state index contributed by atoms with van der Waals surface area (Å²) in [6, 6.07) is 0. The van der Waals surface area contributed by atoms with Gasteiger partial charge in [0.2, 0.25) is 5.91 Å². The van der Waals surface area contributed by atoms with E-state index in [4.69, 9.17) is 11.5 Å². The first-order valence-corrected chi connectivity index (χ1v) is 4.42. The van der Waals surface area contributed by atoms with E-state index in [9.17, 15) is 4.79 Å². The van der Waals surface area contributed by atoms with E-state index in [1.807, 2.05) is 0 Å². The molecule has 4 nitrogen and oxygen atoms in total. The maximum absolute atomic E-state index is 11.2. The second-order valence-corrected chi connectivity index (χ2v) is 3.53. The fourth-order valence-electron chi connectivity index (χ4n) is 1.40. The molecule has 0 unspecified atom stereocenters. The van der Waals surface area contributed by atoms with E-state index < -0.39 is 0 Å². The van der Waals surface area contributed by atoms with E-state index in [-0.39, 0.29) is 11.4 Å². The highest BCUT2D eigenvalue weighted by Gasteiger charge is 2.34. The average molecular weight is 171 g/mol. The van der Waals surface area contributed by atoms with Crippen molar-refractivity contribution < 1.29 is 4.79 Å². The Morgan fingerprint density at radius 1 is 1.50 bits per heavy atom. The minimum absolute atomic E-state index is 0.0302. The van der Waals surface area contributed by atoms with Crippen LogP contribution in [0.4, 0.5) is 0 Å². The molecule has 0 atom stereocenters. The van der Waals surface area contributed by atoms with Gasteiger partial charge in [-0.05, 0) is 19.3 Å². The lowest BCUT2D eigenvalue weighted by Gasteiger charge is -2.37. The zero-order chi connectivity index (χ0) is 9.03. The Hall–Kier alpha value is -0.610. The summed E-state index contributed by atoms with van der Waals surface area (Å²) in [6.45, 7) is 1.04. The van der Waals surface area contributed by atoms with Gasteiger partial charge in [0, 0.05) is 25.0 Å². The summed E-state index contributed by atoms with van der Waals surface area (Å²) in [6.07, 6.45) is 3.56. The van der Waals surface area contributed by atoms with Gasteiger partial charge in [-0.25, -0.2) is 0 Å². The van der Waals surface area contributed by atoms with Gasteiger partial charge in [-0.1, -0.05) is 0 Å². The predicted octanol–water partition coefficient (Wildman–Crippen LogP) is -0.667. The van der Waals surface area contributed by atoms with Crippen LogP contribution in [0.5, 0.6) is 0 Å². The van der Waals surface area contributed by atoms with Crippen LogP contribution in [0.25, 0.3) is 0 Å². The van der Waals surface area contributed by atoms with Crippen molar-refractivity contribution in [3.05, 3.63) is 0 Å². The topological polar surface area (TPSA) is 81.1 Å². The number of rotatable bonds is 4. The normalized spacial score (nSPS) is 19.8. The van der Waals surface area contributed by atoms with Crippen molar-refractivity contribution in [2.75, 3.05) is 13.1 Å². The fraction of sp³-hybridized carbons (Fsp3) is 0.875. The number of nitrogens with one attached hydrogen (secondary N) is 1. The molecular weight excluding hydrogens is 154 g/mol. The van der Waals surface area contributed by atoms with Gasteiger partial charge in [-0.15, -0.1) is 0 Å². The molecular formula is C8H17N3O. The molecule has 0 spiro atoms. The Bertz CT molecular complexity index is 166.